The highest BCUT2D eigenvalue weighted by atomic mass is 32.1. The fraction of sp³-hybridized carbons (Fsp3) is 0.810. The first-order valence-electron chi connectivity index (χ1n) is 10.6. The molecule has 1 aromatic rings. The van der Waals surface area contributed by atoms with Crippen LogP contribution in [0.5, 0.6) is 0 Å². The van der Waals surface area contributed by atoms with Crippen LogP contribution >= 0.6 is 11.3 Å². The van der Waals surface area contributed by atoms with Crippen LogP contribution < -0.4 is 10.6 Å². The fourth-order valence-corrected chi connectivity index (χ4v) is 5.29. The van der Waals surface area contributed by atoms with E-state index in [-0.39, 0.29) is 5.41 Å². The average molecular weight is 392 g/mol. The van der Waals surface area contributed by atoms with Crippen molar-refractivity contribution in [3.8, 4) is 0 Å². The lowest BCUT2D eigenvalue weighted by Crippen LogP contribution is -2.56. The smallest absolute Gasteiger partial charge is 0.191 e. The Morgan fingerprint density at radius 1 is 1.30 bits per heavy atom. The van der Waals surface area contributed by atoms with Crippen LogP contribution in [-0.2, 0) is 11.8 Å². The zero-order valence-corrected chi connectivity index (χ0v) is 18.5. The van der Waals surface area contributed by atoms with Crippen LogP contribution in [-0.4, -0.2) is 54.1 Å². The molecule has 0 amide bonds. The van der Waals surface area contributed by atoms with Crippen LogP contribution in [0.4, 0.5) is 0 Å². The lowest BCUT2D eigenvalue weighted by Gasteiger charge is -2.47. The van der Waals surface area contributed by atoms with Gasteiger partial charge in [-0.3, -0.25) is 4.99 Å². The van der Waals surface area contributed by atoms with Crippen molar-refractivity contribution in [2.45, 2.75) is 89.8 Å². The molecule has 2 fully saturated rings. The SMILES string of the molecule is CCNC(=NCCc1nc(C(C)(C)C)cs1)NC1CC2CCCC(C1)N2C. The van der Waals surface area contributed by atoms with Crippen molar-refractivity contribution in [1.82, 2.24) is 20.5 Å². The fourth-order valence-electron chi connectivity index (χ4n) is 4.28. The third-order valence-electron chi connectivity index (χ3n) is 5.94. The maximum Gasteiger partial charge on any atom is 0.191 e. The normalized spacial score (nSPS) is 26.9. The van der Waals surface area contributed by atoms with Gasteiger partial charge in [-0.25, -0.2) is 4.98 Å². The third kappa shape index (κ3) is 5.44. The second kappa shape index (κ2) is 8.91. The van der Waals surface area contributed by atoms with Crippen molar-refractivity contribution in [3.63, 3.8) is 0 Å². The summed E-state index contributed by atoms with van der Waals surface area (Å²) in [6.07, 6.45) is 7.47. The first kappa shape index (κ1) is 20.6. The van der Waals surface area contributed by atoms with Crippen LogP contribution in [0, 0.1) is 0 Å². The average Bonchev–Trinajstić information content (AvgIpc) is 3.05. The minimum atomic E-state index is 0.126. The van der Waals surface area contributed by atoms with E-state index in [1.807, 2.05) is 0 Å². The van der Waals surface area contributed by atoms with Crippen molar-refractivity contribution in [2.75, 3.05) is 20.1 Å². The summed E-state index contributed by atoms with van der Waals surface area (Å²) in [5, 5.41) is 10.5. The van der Waals surface area contributed by atoms with E-state index in [1.165, 1.54) is 42.8 Å². The van der Waals surface area contributed by atoms with Gasteiger partial charge in [0.05, 0.1) is 10.7 Å². The summed E-state index contributed by atoms with van der Waals surface area (Å²) < 4.78 is 0. The lowest BCUT2D eigenvalue weighted by molar-refractivity contribution is 0.0526. The summed E-state index contributed by atoms with van der Waals surface area (Å²) in [5.41, 5.74) is 1.31. The molecule has 3 heterocycles. The molecule has 0 aliphatic carbocycles. The number of hydrogen-bond donors (Lipinski definition) is 2. The van der Waals surface area contributed by atoms with Crippen LogP contribution in [0.3, 0.4) is 0 Å². The summed E-state index contributed by atoms with van der Waals surface area (Å²) in [5.74, 6) is 0.970. The third-order valence-corrected chi connectivity index (χ3v) is 6.85. The highest BCUT2D eigenvalue weighted by Gasteiger charge is 2.36. The van der Waals surface area contributed by atoms with Crippen molar-refractivity contribution < 1.29 is 0 Å². The Balaban J connectivity index is 1.54. The van der Waals surface area contributed by atoms with E-state index < -0.39 is 0 Å². The van der Waals surface area contributed by atoms with Crippen LogP contribution in [0.25, 0.3) is 0 Å². The molecule has 0 aromatic carbocycles. The molecule has 2 aliphatic heterocycles. The van der Waals surface area contributed by atoms with E-state index in [9.17, 15) is 0 Å². The molecule has 0 radical (unpaired) electrons. The maximum absolute atomic E-state index is 4.83. The van der Waals surface area contributed by atoms with Gasteiger partial charge in [0.25, 0.3) is 0 Å². The summed E-state index contributed by atoms with van der Waals surface area (Å²) in [6.45, 7) is 10.5. The predicted octanol–water partition coefficient (Wildman–Crippen LogP) is 3.55. The van der Waals surface area contributed by atoms with Gasteiger partial charge < -0.3 is 15.5 Å². The molecule has 152 valence electrons. The van der Waals surface area contributed by atoms with Crippen molar-refractivity contribution in [3.05, 3.63) is 16.1 Å². The van der Waals surface area contributed by atoms with Gasteiger partial charge in [0.15, 0.2) is 5.96 Å². The number of aliphatic imine (C=N–C) groups is 1. The lowest BCUT2D eigenvalue weighted by atomic mass is 9.82. The number of nitrogens with zero attached hydrogens (tertiary/aromatic N) is 3. The second-order valence-electron chi connectivity index (χ2n) is 9.10. The Morgan fingerprint density at radius 2 is 2.00 bits per heavy atom. The molecule has 27 heavy (non-hydrogen) atoms. The summed E-state index contributed by atoms with van der Waals surface area (Å²) in [6, 6.07) is 2.02. The first-order valence-corrected chi connectivity index (χ1v) is 11.5. The van der Waals surface area contributed by atoms with E-state index >= 15 is 0 Å². The molecule has 1 aromatic heterocycles. The zero-order chi connectivity index (χ0) is 19.4. The maximum atomic E-state index is 4.83. The van der Waals surface area contributed by atoms with Gasteiger partial charge >= 0.3 is 0 Å². The van der Waals surface area contributed by atoms with Crippen LogP contribution in [0.2, 0.25) is 0 Å². The Hall–Kier alpha value is -1.14. The van der Waals surface area contributed by atoms with Gasteiger partial charge in [-0.1, -0.05) is 27.2 Å². The number of fused-ring (bicyclic) bond motifs is 2. The van der Waals surface area contributed by atoms with E-state index in [0.717, 1.165) is 37.6 Å². The topological polar surface area (TPSA) is 52.6 Å². The van der Waals surface area contributed by atoms with Gasteiger partial charge in [0.1, 0.15) is 0 Å². The Morgan fingerprint density at radius 3 is 2.59 bits per heavy atom. The highest BCUT2D eigenvalue weighted by Crippen LogP contribution is 2.32. The molecule has 0 spiro atoms. The number of aromatic nitrogens is 1. The quantitative estimate of drug-likeness (QED) is 0.595. The molecule has 6 heteroatoms. The van der Waals surface area contributed by atoms with E-state index in [0.29, 0.717) is 6.04 Å². The number of rotatable bonds is 5. The van der Waals surface area contributed by atoms with Gasteiger partial charge in [-0.05, 0) is 39.7 Å². The van der Waals surface area contributed by atoms with Gasteiger partial charge in [-0.2, -0.15) is 0 Å². The van der Waals surface area contributed by atoms with Gasteiger partial charge in [0, 0.05) is 48.4 Å². The highest BCUT2D eigenvalue weighted by molar-refractivity contribution is 7.09. The summed E-state index contributed by atoms with van der Waals surface area (Å²) in [7, 11) is 2.31. The molecule has 3 rings (SSSR count). The number of thiazole rings is 1. The van der Waals surface area contributed by atoms with Crippen molar-refractivity contribution in [1.29, 1.82) is 0 Å². The van der Waals surface area contributed by atoms with Crippen molar-refractivity contribution >= 4 is 17.3 Å². The largest absolute Gasteiger partial charge is 0.357 e. The Labute approximate surface area is 169 Å². The van der Waals surface area contributed by atoms with E-state index in [4.69, 9.17) is 9.98 Å². The van der Waals surface area contributed by atoms with Crippen LogP contribution in [0.1, 0.15) is 70.5 Å². The van der Waals surface area contributed by atoms with Gasteiger partial charge in [0.2, 0.25) is 0 Å². The van der Waals surface area contributed by atoms with E-state index in [2.05, 4.69) is 55.7 Å². The molecule has 0 saturated carbocycles. The molecule has 2 unspecified atom stereocenters. The predicted molar refractivity (Wildman–Crippen MR) is 116 cm³/mol. The standard InChI is InChI=1S/C21H37N5S/c1-6-22-20(23-11-10-19-25-18(14-27-19)21(2,3)4)24-15-12-16-8-7-9-17(13-15)26(16)5/h14-17H,6-13H2,1-5H3,(H2,22,23,24). The minimum Gasteiger partial charge on any atom is -0.357 e. The molecular formula is C21H37N5S. The number of piperidine rings is 2. The molecule has 5 nitrogen and oxygen atoms in total. The molecule has 2 aliphatic rings. The molecule has 2 bridgehead atoms. The Bertz CT molecular complexity index is 619. The number of hydrogen-bond acceptors (Lipinski definition) is 4. The van der Waals surface area contributed by atoms with Crippen molar-refractivity contribution in [2.24, 2.45) is 4.99 Å². The number of guanidine groups is 1. The minimum absolute atomic E-state index is 0.126. The zero-order valence-electron chi connectivity index (χ0n) is 17.7. The number of nitrogens with one attached hydrogen (secondary N) is 2. The molecule has 2 atom stereocenters. The second-order valence-corrected chi connectivity index (χ2v) is 10.0. The molecule has 2 N–H and O–H groups in total. The Kier molecular flexibility index (Phi) is 6.79. The first-order chi connectivity index (χ1) is 12.9. The monoisotopic (exact) mass is 391 g/mol. The molecule has 2 saturated heterocycles. The molecular weight excluding hydrogens is 354 g/mol. The summed E-state index contributed by atoms with van der Waals surface area (Å²) in [4.78, 5) is 12.2. The van der Waals surface area contributed by atoms with Gasteiger partial charge in [-0.15, -0.1) is 11.3 Å². The van der Waals surface area contributed by atoms with E-state index in [1.54, 1.807) is 11.3 Å². The summed E-state index contributed by atoms with van der Waals surface area (Å²) >= 11 is 1.76. The van der Waals surface area contributed by atoms with Crippen LogP contribution in [0.15, 0.2) is 10.4 Å².